The Kier molecular flexibility index (Phi) is 5.12. The minimum Gasteiger partial charge on any atom is -0.454 e. The van der Waals surface area contributed by atoms with Crippen LogP contribution in [0.3, 0.4) is 0 Å². The third-order valence-corrected chi connectivity index (χ3v) is 6.86. The molecule has 0 aliphatic carbocycles. The third-order valence-electron chi connectivity index (χ3n) is 5.45. The van der Waals surface area contributed by atoms with E-state index in [1.54, 1.807) is 12.1 Å². The standard InChI is InChI=1S/C21H22N4O5S/c1-25-11-16(24-31(26,27)12-14-5-3-2-4-6-14)10-17(25)21-22-20(23-30-21)15-7-8-18-19(9-15)29-13-28-18/h2-9,16-17,24H,10-13H2,1H3. The number of benzene rings is 2. The Morgan fingerprint density at radius 2 is 1.94 bits per heavy atom. The van der Waals surface area contributed by atoms with Crippen LogP contribution in [0.2, 0.25) is 0 Å². The van der Waals surface area contributed by atoms with Gasteiger partial charge in [0.1, 0.15) is 0 Å². The Morgan fingerprint density at radius 1 is 1.13 bits per heavy atom. The van der Waals surface area contributed by atoms with Crippen LogP contribution < -0.4 is 14.2 Å². The van der Waals surface area contributed by atoms with Gasteiger partial charge in [0.2, 0.25) is 28.5 Å². The van der Waals surface area contributed by atoms with Gasteiger partial charge >= 0.3 is 0 Å². The zero-order valence-corrected chi connectivity index (χ0v) is 17.7. The molecule has 1 fully saturated rings. The number of rotatable bonds is 6. The van der Waals surface area contributed by atoms with Crippen molar-refractivity contribution in [1.29, 1.82) is 0 Å². The lowest BCUT2D eigenvalue weighted by molar-refractivity contribution is 0.174. The van der Waals surface area contributed by atoms with E-state index >= 15 is 0 Å². The van der Waals surface area contributed by atoms with Crippen molar-refractivity contribution in [3.05, 3.63) is 60.0 Å². The van der Waals surface area contributed by atoms with Crippen molar-refractivity contribution in [2.24, 2.45) is 0 Å². The quantitative estimate of drug-likeness (QED) is 0.620. The predicted octanol–water partition coefficient (Wildman–Crippen LogP) is 2.33. The maximum atomic E-state index is 12.6. The summed E-state index contributed by atoms with van der Waals surface area (Å²) in [7, 11) is -1.54. The van der Waals surface area contributed by atoms with Crippen LogP contribution in [0, 0.1) is 0 Å². The second-order valence-corrected chi connectivity index (χ2v) is 9.53. The Balaban J connectivity index is 1.27. The molecule has 3 aromatic rings. The van der Waals surface area contributed by atoms with Gasteiger partial charge in [-0.25, -0.2) is 13.1 Å². The van der Waals surface area contributed by atoms with Gasteiger partial charge in [0, 0.05) is 18.2 Å². The zero-order chi connectivity index (χ0) is 21.4. The van der Waals surface area contributed by atoms with Crippen LogP contribution in [0.1, 0.15) is 23.9 Å². The first-order valence-electron chi connectivity index (χ1n) is 9.95. The molecule has 5 rings (SSSR count). The van der Waals surface area contributed by atoms with E-state index in [2.05, 4.69) is 14.9 Å². The van der Waals surface area contributed by atoms with Crippen molar-refractivity contribution in [2.45, 2.75) is 24.3 Å². The van der Waals surface area contributed by atoms with Crippen LogP contribution in [0.4, 0.5) is 0 Å². The average molecular weight is 442 g/mol. The normalized spacial score (nSPS) is 20.9. The fraction of sp³-hybridized carbons (Fsp3) is 0.333. The van der Waals surface area contributed by atoms with Gasteiger partial charge in [-0.1, -0.05) is 35.5 Å². The van der Waals surface area contributed by atoms with Gasteiger partial charge in [0.05, 0.1) is 11.8 Å². The van der Waals surface area contributed by atoms with Crippen molar-refractivity contribution < 1.29 is 22.4 Å². The fourth-order valence-electron chi connectivity index (χ4n) is 3.99. The molecular formula is C21H22N4O5S. The molecule has 1 saturated heterocycles. The Bertz CT molecular complexity index is 1180. The largest absolute Gasteiger partial charge is 0.454 e. The molecule has 10 heteroatoms. The molecule has 2 aliphatic rings. The molecule has 2 aliphatic heterocycles. The molecule has 9 nitrogen and oxygen atoms in total. The Morgan fingerprint density at radius 3 is 2.77 bits per heavy atom. The molecule has 31 heavy (non-hydrogen) atoms. The summed E-state index contributed by atoms with van der Waals surface area (Å²) in [6, 6.07) is 14.2. The van der Waals surface area contributed by atoms with E-state index in [9.17, 15) is 8.42 Å². The lowest BCUT2D eigenvalue weighted by Gasteiger charge is -2.14. The van der Waals surface area contributed by atoms with Crippen molar-refractivity contribution in [3.63, 3.8) is 0 Å². The molecule has 2 aromatic carbocycles. The summed E-state index contributed by atoms with van der Waals surface area (Å²) >= 11 is 0. The number of likely N-dealkylation sites (tertiary alicyclic amines) is 1. The first-order valence-corrected chi connectivity index (χ1v) is 11.6. The Hall–Kier alpha value is -2.95. The lowest BCUT2D eigenvalue weighted by Crippen LogP contribution is -2.37. The number of fused-ring (bicyclic) bond motifs is 1. The van der Waals surface area contributed by atoms with Gasteiger partial charge in [-0.3, -0.25) is 4.90 Å². The molecule has 0 radical (unpaired) electrons. The molecular weight excluding hydrogens is 420 g/mol. The molecule has 1 N–H and O–H groups in total. The van der Waals surface area contributed by atoms with Crippen molar-refractivity contribution in [2.75, 3.05) is 20.4 Å². The summed E-state index contributed by atoms with van der Waals surface area (Å²) in [5.41, 5.74) is 1.52. The van der Waals surface area contributed by atoms with E-state index in [1.165, 1.54) is 0 Å². The number of ether oxygens (including phenoxy) is 2. The highest BCUT2D eigenvalue weighted by molar-refractivity contribution is 7.88. The minimum absolute atomic E-state index is 0.0481. The molecule has 1 aromatic heterocycles. The van der Waals surface area contributed by atoms with E-state index in [-0.39, 0.29) is 24.6 Å². The highest BCUT2D eigenvalue weighted by Gasteiger charge is 2.36. The second kappa shape index (κ2) is 7.95. The summed E-state index contributed by atoms with van der Waals surface area (Å²) in [5, 5.41) is 4.10. The van der Waals surface area contributed by atoms with Gasteiger partial charge in [0.25, 0.3) is 0 Å². The first-order chi connectivity index (χ1) is 15.0. The molecule has 0 spiro atoms. The van der Waals surface area contributed by atoms with Crippen LogP contribution >= 0.6 is 0 Å². The summed E-state index contributed by atoms with van der Waals surface area (Å²) in [5.74, 6) is 2.20. The second-order valence-electron chi connectivity index (χ2n) is 7.77. The van der Waals surface area contributed by atoms with Gasteiger partial charge in [-0.05, 0) is 37.2 Å². The molecule has 162 valence electrons. The SMILES string of the molecule is CN1CC(NS(=O)(=O)Cc2ccccc2)CC1c1nc(-c2ccc3c(c2)OCO3)no1. The van der Waals surface area contributed by atoms with Crippen LogP contribution in [0.25, 0.3) is 11.4 Å². The number of hydrogen-bond acceptors (Lipinski definition) is 8. The highest BCUT2D eigenvalue weighted by atomic mass is 32.2. The molecule has 2 atom stereocenters. The van der Waals surface area contributed by atoms with Gasteiger partial charge < -0.3 is 14.0 Å². The van der Waals surface area contributed by atoms with E-state index < -0.39 is 10.0 Å². The maximum Gasteiger partial charge on any atom is 0.244 e. The first kappa shape index (κ1) is 20.0. The molecule has 0 bridgehead atoms. The Labute approximate surface area is 180 Å². The van der Waals surface area contributed by atoms with E-state index in [1.807, 2.05) is 48.3 Å². The molecule has 2 unspecified atom stereocenters. The van der Waals surface area contributed by atoms with Crippen LogP contribution in [0.15, 0.2) is 53.1 Å². The number of hydrogen-bond donors (Lipinski definition) is 1. The number of likely N-dealkylation sites (N-methyl/N-ethyl adjacent to an activating group) is 1. The topological polar surface area (TPSA) is 107 Å². The number of nitrogens with one attached hydrogen (secondary N) is 1. The summed E-state index contributed by atoms with van der Waals surface area (Å²) in [6.07, 6.45) is 0.549. The fourth-order valence-corrected chi connectivity index (χ4v) is 5.38. The third kappa shape index (κ3) is 4.27. The van der Waals surface area contributed by atoms with Gasteiger partial charge in [0.15, 0.2) is 11.5 Å². The zero-order valence-electron chi connectivity index (χ0n) is 16.9. The van der Waals surface area contributed by atoms with Gasteiger partial charge in [-0.2, -0.15) is 4.98 Å². The van der Waals surface area contributed by atoms with Crippen molar-refractivity contribution in [1.82, 2.24) is 19.8 Å². The summed E-state index contributed by atoms with van der Waals surface area (Å²) in [6.45, 7) is 0.755. The molecule has 0 amide bonds. The molecule has 3 heterocycles. The maximum absolute atomic E-state index is 12.6. The van der Waals surface area contributed by atoms with Crippen molar-refractivity contribution >= 4 is 10.0 Å². The minimum atomic E-state index is -3.46. The average Bonchev–Trinajstić information content (AvgIpc) is 3.47. The van der Waals surface area contributed by atoms with E-state index in [0.29, 0.717) is 36.2 Å². The summed E-state index contributed by atoms with van der Waals surface area (Å²) < 4.78 is 44.2. The van der Waals surface area contributed by atoms with Crippen molar-refractivity contribution in [3.8, 4) is 22.9 Å². The van der Waals surface area contributed by atoms with E-state index in [0.717, 1.165) is 11.1 Å². The van der Waals surface area contributed by atoms with Gasteiger partial charge in [-0.15, -0.1) is 0 Å². The van der Waals surface area contributed by atoms with Crippen LogP contribution in [-0.4, -0.2) is 49.9 Å². The number of sulfonamides is 1. The summed E-state index contributed by atoms with van der Waals surface area (Å²) in [4.78, 5) is 6.56. The van der Waals surface area contributed by atoms with Crippen LogP contribution in [-0.2, 0) is 15.8 Å². The number of nitrogens with zero attached hydrogens (tertiary/aromatic N) is 3. The van der Waals surface area contributed by atoms with E-state index in [4.69, 9.17) is 14.0 Å². The predicted molar refractivity (Wildman–Crippen MR) is 112 cm³/mol. The van der Waals surface area contributed by atoms with Crippen LogP contribution in [0.5, 0.6) is 11.5 Å². The smallest absolute Gasteiger partial charge is 0.244 e. The number of aromatic nitrogens is 2. The molecule has 0 saturated carbocycles. The lowest BCUT2D eigenvalue weighted by atomic mass is 10.1. The highest BCUT2D eigenvalue weighted by Crippen LogP contribution is 2.36. The monoisotopic (exact) mass is 442 g/mol.